The van der Waals surface area contributed by atoms with E-state index in [9.17, 15) is 4.79 Å². The van der Waals surface area contributed by atoms with Gasteiger partial charge in [-0.05, 0) is 43.7 Å². The second-order valence-electron chi connectivity index (χ2n) is 7.02. The predicted octanol–water partition coefficient (Wildman–Crippen LogP) is 3.28. The molecule has 27 heavy (non-hydrogen) atoms. The van der Waals surface area contributed by atoms with Crippen LogP contribution in [0, 0.1) is 0 Å². The minimum atomic E-state index is -0.0565. The van der Waals surface area contributed by atoms with Gasteiger partial charge in [-0.25, -0.2) is 0 Å². The molecule has 5 nitrogen and oxygen atoms in total. The maximum absolute atomic E-state index is 12.3. The molecule has 0 aliphatic carbocycles. The lowest BCUT2D eigenvalue weighted by molar-refractivity contribution is -0.0293. The largest absolute Gasteiger partial charge is 0.491 e. The van der Waals surface area contributed by atoms with Crippen molar-refractivity contribution in [2.45, 2.75) is 26.1 Å². The Kier molecular flexibility index (Phi) is 6.85. The number of morpholine rings is 1. The van der Waals surface area contributed by atoms with Gasteiger partial charge in [0.1, 0.15) is 5.75 Å². The van der Waals surface area contributed by atoms with E-state index in [0.717, 1.165) is 25.4 Å². The third kappa shape index (κ3) is 5.81. The molecule has 1 amide bonds. The van der Waals surface area contributed by atoms with Crippen molar-refractivity contribution in [2.24, 2.45) is 0 Å². The number of nitrogens with zero attached hydrogens (tertiary/aromatic N) is 1. The molecule has 1 heterocycles. The summed E-state index contributed by atoms with van der Waals surface area (Å²) >= 11 is 0. The Morgan fingerprint density at radius 3 is 2.63 bits per heavy atom. The number of amides is 1. The number of ether oxygens (including phenoxy) is 2. The number of rotatable bonds is 7. The van der Waals surface area contributed by atoms with Crippen LogP contribution >= 0.6 is 0 Å². The number of benzene rings is 2. The van der Waals surface area contributed by atoms with E-state index in [2.05, 4.69) is 22.3 Å². The molecular formula is C22H28N2O3. The molecule has 5 heteroatoms. The first-order chi connectivity index (χ1) is 13.1. The Balaban J connectivity index is 1.44. The summed E-state index contributed by atoms with van der Waals surface area (Å²) in [4.78, 5) is 14.6. The smallest absolute Gasteiger partial charge is 0.251 e. The molecular weight excluding hydrogens is 340 g/mol. The van der Waals surface area contributed by atoms with Crippen LogP contribution in [0.4, 0.5) is 0 Å². The van der Waals surface area contributed by atoms with Gasteiger partial charge < -0.3 is 14.8 Å². The molecule has 1 fully saturated rings. The quantitative estimate of drug-likeness (QED) is 0.815. The second kappa shape index (κ2) is 9.53. The highest BCUT2D eigenvalue weighted by molar-refractivity contribution is 5.94. The van der Waals surface area contributed by atoms with Crippen LogP contribution in [0.2, 0.25) is 0 Å². The van der Waals surface area contributed by atoms with Gasteiger partial charge in [0.2, 0.25) is 0 Å². The van der Waals surface area contributed by atoms with E-state index in [0.29, 0.717) is 18.7 Å². The number of hydrogen-bond donors (Lipinski definition) is 1. The summed E-state index contributed by atoms with van der Waals surface area (Å²) in [7, 11) is 0. The number of carbonyl (C=O) groups is 1. The summed E-state index contributed by atoms with van der Waals surface area (Å²) in [6.07, 6.45) is 0.224. The zero-order valence-electron chi connectivity index (χ0n) is 16.1. The highest BCUT2D eigenvalue weighted by Gasteiger charge is 2.21. The lowest BCUT2D eigenvalue weighted by Crippen LogP contribution is -2.42. The Morgan fingerprint density at radius 2 is 1.93 bits per heavy atom. The van der Waals surface area contributed by atoms with Crippen molar-refractivity contribution in [3.63, 3.8) is 0 Å². The average molecular weight is 368 g/mol. The lowest BCUT2D eigenvalue weighted by Gasteiger charge is -2.33. The van der Waals surface area contributed by atoms with Crippen molar-refractivity contribution < 1.29 is 14.3 Å². The maximum Gasteiger partial charge on any atom is 0.251 e. The monoisotopic (exact) mass is 368 g/mol. The Morgan fingerprint density at radius 1 is 1.19 bits per heavy atom. The predicted molar refractivity (Wildman–Crippen MR) is 106 cm³/mol. The van der Waals surface area contributed by atoms with Crippen LogP contribution in [0.3, 0.4) is 0 Å². The van der Waals surface area contributed by atoms with Crippen molar-refractivity contribution >= 4 is 5.91 Å². The van der Waals surface area contributed by atoms with E-state index < -0.39 is 0 Å². The zero-order chi connectivity index (χ0) is 19.1. The molecule has 1 saturated heterocycles. The number of nitrogens with one attached hydrogen (secondary N) is 1. The molecule has 3 rings (SSSR count). The number of hydrogen-bond acceptors (Lipinski definition) is 4. The topological polar surface area (TPSA) is 50.8 Å². The van der Waals surface area contributed by atoms with Gasteiger partial charge in [0.05, 0.1) is 18.8 Å². The third-order valence-corrected chi connectivity index (χ3v) is 4.52. The molecule has 0 radical (unpaired) electrons. The molecule has 1 atom stereocenters. The van der Waals surface area contributed by atoms with Crippen molar-refractivity contribution in [3.05, 3.63) is 65.7 Å². The lowest BCUT2D eigenvalue weighted by atomic mass is 10.1. The van der Waals surface area contributed by atoms with Gasteiger partial charge in [0.25, 0.3) is 5.91 Å². The summed E-state index contributed by atoms with van der Waals surface area (Å²) in [5.74, 6) is 0.723. The van der Waals surface area contributed by atoms with E-state index in [1.165, 1.54) is 5.56 Å². The van der Waals surface area contributed by atoms with E-state index in [-0.39, 0.29) is 18.1 Å². The summed E-state index contributed by atoms with van der Waals surface area (Å²) in [6.45, 7) is 7.84. The minimum Gasteiger partial charge on any atom is -0.491 e. The summed E-state index contributed by atoms with van der Waals surface area (Å²) < 4.78 is 11.5. The highest BCUT2D eigenvalue weighted by atomic mass is 16.5. The van der Waals surface area contributed by atoms with E-state index >= 15 is 0 Å². The summed E-state index contributed by atoms with van der Waals surface area (Å²) in [5.41, 5.74) is 1.85. The fourth-order valence-corrected chi connectivity index (χ4v) is 3.16. The van der Waals surface area contributed by atoms with Gasteiger partial charge in [0, 0.05) is 31.7 Å². The summed E-state index contributed by atoms with van der Waals surface area (Å²) in [6, 6.07) is 17.6. The molecule has 0 bridgehead atoms. The van der Waals surface area contributed by atoms with Crippen LogP contribution in [-0.4, -0.2) is 49.7 Å². The van der Waals surface area contributed by atoms with E-state index in [4.69, 9.17) is 9.47 Å². The van der Waals surface area contributed by atoms with Gasteiger partial charge in [-0.3, -0.25) is 9.69 Å². The first-order valence-electron chi connectivity index (χ1n) is 9.55. The van der Waals surface area contributed by atoms with Crippen LogP contribution in [-0.2, 0) is 4.74 Å². The SMILES string of the molecule is CC(C)Oc1ccc(C(=O)NCCN2CCOC(c3ccccc3)C2)cc1. The average Bonchev–Trinajstić information content (AvgIpc) is 2.69. The Hall–Kier alpha value is -2.37. The normalized spacial score (nSPS) is 17.7. The molecule has 0 spiro atoms. The van der Waals surface area contributed by atoms with Crippen molar-refractivity contribution in [2.75, 3.05) is 32.8 Å². The van der Waals surface area contributed by atoms with Crippen LogP contribution in [0.5, 0.6) is 5.75 Å². The molecule has 1 aliphatic heterocycles. The second-order valence-corrected chi connectivity index (χ2v) is 7.02. The third-order valence-electron chi connectivity index (χ3n) is 4.52. The molecule has 144 valence electrons. The highest BCUT2D eigenvalue weighted by Crippen LogP contribution is 2.21. The zero-order valence-corrected chi connectivity index (χ0v) is 16.1. The van der Waals surface area contributed by atoms with E-state index in [1.807, 2.05) is 44.2 Å². The molecule has 1 unspecified atom stereocenters. The summed E-state index contributed by atoms with van der Waals surface area (Å²) in [5, 5.41) is 3.00. The van der Waals surface area contributed by atoms with Gasteiger partial charge in [-0.15, -0.1) is 0 Å². The fourth-order valence-electron chi connectivity index (χ4n) is 3.16. The Labute approximate surface area is 161 Å². The molecule has 2 aromatic carbocycles. The molecule has 1 N–H and O–H groups in total. The molecule has 0 saturated carbocycles. The standard InChI is InChI=1S/C22H28N2O3/c1-17(2)27-20-10-8-19(9-11-20)22(25)23-12-13-24-14-15-26-21(16-24)18-6-4-3-5-7-18/h3-11,17,21H,12-16H2,1-2H3,(H,23,25). The molecule has 0 aromatic heterocycles. The van der Waals surface area contributed by atoms with Crippen LogP contribution in [0.1, 0.15) is 35.9 Å². The van der Waals surface area contributed by atoms with Gasteiger partial charge in [-0.2, -0.15) is 0 Å². The van der Waals surface area contributed by atoms with Crippen molar-refractivity contribution in [1.82, 2.24) is 10.2 Å². The fraction of sp³-hybridized carbons (Fsp3) is 0.409. The van der Waals surface area contributed by atoms with Crippen molar-refractivity contribution in [1.29, 1.82) is 0 Å². The van der Waals surface area contributed by atoms with E-state index in [1.54, 1.807) is 12.1 Å². The molecule has 2 aromatic rings. The van der Waals surface area contributed by atoms with Gasteiger partial charge in [0.15, 0.2) is 0 Å². The first kappa shape index (κ1) is 19.4. The van der Waals surface area contributed by atoms with Crippen molar-refractivity contribution in [3.8, 4) is 5.75 Å². The first-order valence-corrected chi connectivity index (χ1v) is 9.55. The van der Waals surface area contributed by atoms with Crippen LogP contribution in [0.25, 0.3) is 0 Å². The number of carbonyl (C=O) groups excluding carboxylic acids is 1. The maximum atomic E-state index is 12.3. The molecule has 1 aliphatic rings. The minimum absolute atomic E-state index is 0.0565. The van der Waals surface area contributed by atoms with Gasteiger partial charge in [-0.1, -0.05) is 30.3 Å². The van der Waals surface area contributed by atoms with Crippen LogP contribution < -0.4 is 10.1 Å². The van der Waals surface area contributed by atoms with Gasteiger partial charge >= 0.3 is 0 Å². The van der Waals surface area contributed by atoms with Crippen LogP contribution in [0.15, 0.2) is 54.6 Å². The Bertz CT molecular complexity index is 716.